The highest BCUT2D eigenvalue weighted by Gasteiger charge is 2.23. The Bertz CT molecular complexity index is 910. The summed E-state index contributed by atoms with van der Waals surface area (Å²) >= 11 is 6.04. The fourth-order valence-electron chi connectivity index (χ4n) is 3.56. The van der Waals surface area contributed by atoms with Crippen LogP contribution in [0, 0.1) is 5.82 Å². The second-order valence-electron chi connectivity index (χ2n) is 8.06. The summed E-state index contributed by atoms with van der Waals surface area (Å²) < 4.78 is 14.0. The van der Waals surface area contributed by atoms with Crippen molar-refractivity contribution in [3.8, 4) is 0 Å². The molecule has 0 saturated carbocycles. The van der Waals surface area contributed by atoms with Crippen molar-refractivity contribution in [3.63, 3.8) is 0 Å². The van der Waals surface area contributed by atoms with Crippen LogP contribution in [0.3, 0.4) is 0 Å². The fraction of sp³-hybridized carbons (Fsp3) is 0.435. The van der Waals surface area contributed by atoms with E-state index in [1.54, 1.807) is 23.2 Å². The molecule has 0 aliphatic carbocycles. The van der Waals surface area contributed by atoms with E-state index in [2.05, 4.69) is 20.1 Å². The number of benzene rings is 1. The Balaban J connectivity index is 1.48. The number of aromatic nitrogens is 1. The lowest BCUT2D eigenvalue weighted by Crippen LogP contribution is -2.49. The molecule has 0 atom stereocenters. The molecular formula is C23H29ClFN5O2. The van der Waals surface area contributed by atoms with Crippen molar-refractivity contribution in [2.75, 3.05) is 58.3 Å². The smallest absolute Gasteiger partial charge is 0.252 e. The Morgan fingerprint density at radius 3 is 2.53 bits per heavy atom. The van der Waals surface area contributed by atoms with Crippen molar-refractivity contribution in [2.45, 2.75) is 12.8 Å². The third-order valence-electron chi connectivity index (χ3n) is 5.42. The molecule has 1 fully saturated rings. The molecule has 32 heavy (non-hydrogen) atoms. The molecule has 3 rings (SSSR count). The maximum Gasteiger partial charge on any atom is 0.252 e. The molecule has 9 heteroatoms. The Morgan fingerprint density at radius 2 is 1.91 bits per heavy atom. The number of nitrogens with one attached hydrogen (secondary N) is 1. The van der Waals surface area contributed by atoms with Gasteiger partial charge >= 0.3 is 0 Å². The lowest BCUT2D eigenvalue weighted by atomic mass is 10.1. The summed E-state index contributed by atoms with van der Waals surface area (Å²) in [7, 11) is 4.00. The highest BCUT2D eigenvalue weighted by molar-refractivity contribution is 6.31. The number of amides is 2. The van der Waals surface area contributed by atoms with Crippen LogP contribution in [0.15, 0.2) is 36.5 Å². The van der Waals surface area contributed by atoms with Gasteiger partial charge in [0.05, 0.1) is 12.0 Å². The maximum atomic E-state index is 14.0. The molecule has 7 nitrogen and oxygen atoms in total. The second kappa shape index (κ2) is 11.2. The second-order valence-corrected chi connectivity index (χ2v) is 8.47. The summed E-state index contributed by atoms with van der Waals surface area (Å²) in [5, 5.41) is 3.17. The number of nitrogens with zero attached hydrogens (tertiary/aromatic N) is 4. The van der Waals surface area contributed by atoms with Crippen LogP contribution in [0.1, 0.15) is 22.3 Å². The first-order chi connectivity index (χ1) is 15.3. The molecule has 1 saturated heterocycles. The summed E-state index contributed by atoms with van der Waals surface area (Å²) in [5.74, 6) is 0.0184. The van der Waals surface area contributed by atoms with Crippen molar-refractivity contribution in [2.24, 2.45) is 0 Å². The van der Waals surface area contributed by atoms with Gasteiger partial charge in [0.25, 0.3) is 5.91 Å². The minimum absolute atomic E-state index is 0.0535. The normalized spacial score (nSPS) is 14.0. The molecule has 1 aromatic carbocycles. The van der Waals surface area contributed by atoms with Gasteiger partial charge in [-0.25, -0.2) is 9.37 Å². The van der Waals surface area contributed by atoms with Crippen LogP contribution >= 0.6 is 11.6 Å². The molecule has 2 heterocycles. The number of carbonyl (C=O) groups is 2. The lowest BCUT2D eigenvalue weighted by Gasteiger charge is -2.35. The highest BCUT2D eigenvalue weighted by Crippen LogP contribution is 2.21. The number of pyridine rings is 1. The Hall–Kier alpha value is -2.71. The minimum atomic E-state index is -0.462. The highest BCUT2D eigenvalue weighted by atomic mass is 35.5. The zero-order chi connectivity index (χ0) is 23.1. The summed E-state index contributed by atoms with van der Waals surface area (Å²) in [6.07, 6.45) is 2.41. The molecule has 0 radical (unpaired) electrons. The standard InChI is InChI=1S/C23H29ClFN5O2/c1-28(2)10-4-9-26-23(32)17-7-8-21(27-16-17)29-11-13-30(14-12-29)22(31)15-18-19(24)5-3-6-20(18)25/h3,5-8,16H,4,9-15H2,1-2H3,(H,26,32). The first-order valence-electron chi connectivity index (χ1n) is 10.7. The molecule has 1 aliphatic heterocycles. The van der Waals surface area contributed by atoms with Gasteiger partial charge in [0, 0.05) is 49.5 Å². The predicted octanol–water partition coefficient (Wildman–Crippen LogP) is 2.45. The molecule has 1 N–H and O–H groups in total. The van der Waals surface area contributed by atoms with E-state index in [1.807, 2.05) is 20.2 Å². The predicted molar refractivity (Wildman–Crippen MR) is 124 cm³/mol. The summed E-state index contributed by atoms with van der Waals surface area (Å²) in [6.45, 7) is 3.78. The SMILES string of the molecule is CN(C)CCCNC(=O)c1ccc(N2CCN(C(=O)Cc3c(F)cccc3Cl)CC2)nc1. The Labute approximate surface area is 193 Å². The molecule has 1 aliphatic rings. The number of anilines is 1. The monoisotopic (exact) mass is 461 g/mol. The van der Waals surface area contributed by atoms with Gasteiger partial charge in [-0.3, -0.25) is 9.59 Å². The largest absolute Gasteiger partial charge is 0.353 e. The fourth-order valence-corrected chi connectivity index (χ4v) is 3.79. The van der Waals surface area contributed by atoms with Crippen LogP contribution in [0.5, 0.6) is 0 Å². The zero-order valence-electron chi connectivity index (χ0n) is 18.5. The maximum absolute atomic E-state index is 14.0. The van der Waals surface area contributed by atoms with E-state index in [4.69, 9.17) is 11.6 Å². The molecule has 0 spiro atoms. The van der Waals surface area contributed by atoms with Crippen LogP contribution in [0.25, 0.3) is 0 Å². The van der Waals surface area contributed by atoms with Crippen LogP contribution < -0.4 is 10.2 Å². The summed E-state index contributed by atoms with van der Waals surface area (Å²) in [4.78, 5) is 35.1. The van der Waals surface area contributed by atoms with Gasteiger partial charge in [-0.05, 0) is 51.3 Å². The number of carbonyl (C=O) groups excluding carboxylic acids is 2. The van der Waals surface area contributed by atoms with Crippen molar-refractivity contribution in [3.05, 3.63) is 58.5 Å². The molecule has 0 bridgehead atoms. The average molecular weight is 462 g/mol. The zero-order valence-corrected chi connectivity index (χ0v) is 19.2. The third-order valence-corrected chi connectivity index (χ3v) is 5.78. The van der Waals surface area contributed by atoms with E-state index in [0.29, 0.717) is 38.3 Å². The van der Waals surface area contributed by atoms with Crippen LogP contribution in [0.4, 0.5) is 10.2 Å². The lowest BCUT2D eigenvalue weighted by molar-refractivity contribution is -0.130. The van der Waals surface area contributed by atoms with Gasteiger partial charge in [-0.2, -0.15) is 0 Å². The first kappa shape index (κ1) is 23.9. The average Bonchev–Trinajstić information content (AvgIpc) is 2.79. The van der Waals surface area contributed by atoms with Gasteiger partial charge in [0.2, 0.25) is 5.91 Å². The number of hydrogen-bond donors (Lipinski definition) is 1. The first-order valence-corrected chi connectivity index (χ1v) is 11.1. The summed E-state index contributed by atoms with van der Waals surface area (Å²) in [5.41, 5.74) is 0.757. The number of hydrogen-bond acceptors (Lipinski definition) is 5. The van der Waals surface area contributed by atoms with Gasteiger partial charge in [0.1, 0.15) is 11.6 Å². The summed E-state index contributed by atoms with van der Waals surface area (Å²) in [6, 6.07) is 8.01. The molecule has 2 amide bonds. The van der Waals surface area contributed by atoms with Gasteiger partial charge < -0.3 is 20.0 Å². The van der Waals surface area contributed by atoms with Crippen LogP contribution in [-0.4, -0.2) is 80.0 Å². The van der Waals surface area contributed by atoms with E-state index < -0.39 is 5.82 Å². The molecular weight excluding hydrogens is 433 g/mol. The molecule has 172 valence electrons. The van der Waals surface area contributed by atoms with E-state index in [-0.39, 0.29) is 28.8 Å². The van der Waals surface area contributed by atoms with E-state index in [1.165, 1.54) is 12.1 Å². The van der Waals surface area contributed by atoms with Crippen LogP contribution in [0.2, 0.25) is 5.02 Å². The van der Waals surface area contributed by atoms with Gasteiger partial charge in [-0.15, -0.1) is 0 Å². The number of piperazine rings is 1. The van der Waals surface area contributed by atoms with Crippen LogP contribution in [-0.2, 0) is 11.2 Å². The van der Waals surface area contributed by atoms with E-state index in [0.717, 1.165) is 18.8 Å². The molecule has 0 unspecified atom stereocenters. The Morgan fingerprint density at radius 1 is 1.16 bits per heavy atom. The van der Waals surface area contributed by atoms with E-state index in [9.17, 15) is 14.0 Å². The minimum Gasteiger partial charge on any atom is -0.353 e. The van der Waals surface area contributed by atoms with Crippen molar-refractivity contribution >= 4 is 29.2 Å². The molecule has 1 aromatic heterocycles. The van der Waals surface area contributed by atoms with Gasteiger partial charge in [0.15, 0.2) is 0 Å². The van der Waals surface area contributed by atoms with Gasteiger partial charge in [-0.1, -0.05) is 17.7 Å². The quantitative estimate of drug-likeness (QED) is 0.611. The number of rotatable bonds is 8. The number of halogens is 2. The van der Waals surface area contributed by atoms with Crippen molar-refractivity contribution < 1.29 is 14.0 Å². The van der Waals surface area contributed by atoms with E-state index >= 15 is 0 Å². The Kier molecular flexibility index (Phi) is 8.41. The topological polar surface area (TPSA) is 68.8 Å². The van der Waals surface area contributed by atoms with Crippen molar-refractivity contribution in [1.29, 1.82) is 0 Å². The molecule has 2 aromatic rings. The van der Waals surface area contributed by atoms with Crippen molar-refractivity contribution in [1.82, 2.24) is 20.1 Å². The third kappa shape index (κ3) is 6.40.